The van der Waals surface area contributed by atoms with Crippen molar-refractivity contribution in [3.8, 4) is 0 Å². The van der Waals surface area contributed by atoms with Crippen LogP contribution >= 0.6 is 0 Å². The van der Waals surface area contributed by atoms with Crippen LogP contribution in [0.5, 0.6) is 0 Å². The Morgan fingerprint density at radius 2 is 1.50 bits per heavy atom. The number of benzene rings is 2. The topological polar surface area (TPSA) is 112 Å². The van der Waals surface area contributed by atoms with E-state index in [1.165, 1.54) is 12.1 Å². The van der Waals surface area contributed by atoms with E-state index in [1.54, 1.807) is 0 Å². The van der Waals surface area contributed by atoms with Crippen molar-refractivity contribution in [2.24, 2.45) is 0 Å². The highest BCUT2D eigenvalue weighted by Crippen LogP contribution is 2.20. The predicted molar refractivity (Wildman–Crippen MR) is 82.4 cm³/mol. The second kappa shape index (κ2) is 5.57. The summed E-state index contributed by atoms with van der Waals surface area (Å²) in [6.45, 7) is 0. The lowest BCUT2D eigenvalue weighted by atomic mass is 10.3. The van der Waals surface area contributed by atoms with Gasteiger partial charge >= 0.3 is 11.1 Å². The zero-order chi connectivity index (χ0) is 17.5. The molecule has 3 aromatic rings. The fraction of sp³-hybridized carbons (Fsp3) is 0. The summed E-state index contributed by atoms with van der Waals surface area (Å²) < 4.78 is 52.7. The molecule has 1 aromatic heterocycles. The maximum Gasteiger partial charge on any atom is 0.314 e. The van der Waals surface area contributed by atoms with Gasteiger partial charge in [-0.1, -0.05) is 0 Å². The van der Waals surface area contributed by atoms with Crippen LogP contribution in [0.2, 0.25) is 0 Å². The molecular weight excluding hydrogens is 344 g/mol. The quantitative estimate of drug-likeness (QED) is 0.616. The van der Waals surface area contributed by atoms with Crippen molar-refractivity contribution in [2.45, 2.75) is 4.90 Å². The fourth-order valence-electron chi connectivity index (χ4n) is 2.03. The van der Waals surface area contributed by atoms with Gasteiger partial charge in [0.1, 0.15) is 0 Å². The summed E-state index contributed by atoms with van der Waals surface area (Å²) in [6.07, 6.45) is 0. The molecule has 0 radical (unpaired) electrons. The first-order valence-corrected chi connectivity index (χ1v) is 7.99. The Balaban J connectivity index is 2.04. The van der Waals surface area contributed by atoms with E-state index >= 15 is 0 Å². The summed E-state index contributed by atoms with van der Waals surface area (Å²) in [5.41, 5.74) is -1.60. The van der Waals surface area contributed by atoms with Crippen LogP contribution in [0, 0.1) is 11.6 Å². The van der Waals surface area contributed by atoms with E-state index in [0.717, 1.165) is 18.2 Å². The van der Waals surface area contributed by atoms with E-state index < -0.39 is 32.8 Å². The maximum atomic E-state index is 13.2. The van der Waals surface area contributed by atoms with Gasteiger partial charge in [-0.3, -0.25) is 14.3 Å². The van der Waals surface area contributed by atoms with E-state index in [2.05, 4.69) is 14.7 Å². The Bertz CT molecular complexity index is 1170. The van der Waals surface area contributed by atoms with Crippen LogP contribution in [0.1, 0.15) is 0 Å². The summed E-state index contributed by atoms with van der Waals surface area (Å²) in [4.78, 5) is 26.8. The van der Waals surface area contributed by atoms with Gasteiger partial charge in [-0.25, -0.2) is 17.2 Å². The summed E-state index contributed by atoms with van der Waals surface area (Å²) in [7, 11) is -4.11. The molecule has 7 nitrogen and oxygen atoms in total. The van der Waals surface area contributed by atoms with E-state index in [4.69, 9.17) is 0 Å². The van der Waals surface area contributed by atoms with Gasteiger partial charge in [-0.2, -0.15) is 0 Å². The molecule has 0 fully saturated rings. The number of aromatic amines is 2. The number of hydrogen-bond donors (Lipinski definition) is 3. The number of anilines is 1. The molecular formula is C14H9F2N3O4S. The smallest absolute Gasteiger partial charge is 0.314 e. The Morgan fingerprint density at radius 1 is 0.833 bits per heavy atom. The molecule has 24 heavy (non-hydrogen) atoms. The summed E-state index contributed by atoms with van der Waals surface area (Å²) in [5.74, 6) is -2.30. The molecule has 1 heterocycles. The lowest BCUT2D eigenvalue weighted by Gasteiger charge is -2.09. The van der Waals surface area contributed by atoms with Gasteiger partial charge < -0.3 is 9.97 Å². The molecule has 0 aliphatic heterocycles. The monoisotopic (exact) mass is 353 g/mol. The molecule has 10 heteroatoms. The number of nitrogens with one attached hydrogen (secondary N) is 3. The molecule has 0 amide bonds. The first-order valence-electron chi connectivity index (χ1n) is 6.50. The van der Waals surface area contributed by atoms with Gasteiger partial charge in [0.2, 0.25) is 0 Å². The normalized spacial score (nSPS) is 11.6. The van der Waals surface area contributed by atoms with Gasteiger partial charge in [0.05, 0.1) is 21.6 Å². The van der Waals surface area contributed by atoms with Crippen molar-refractivity contribution in [3.63, 3.8) is 0 Å². The molecule has 0 bridgehead atoms. The van der Waals surface area contributed by atoms with Crippen molar-refractivity contribution in [1.82, 2.24) is 9.97 Å². The van der Waals surface area contributed by atoms with Crippen molar-refractivity contribution >= 4 is 26.7 Å². The SMILES string of the molecule is O=c1[nH]c2ccc(S(=O)(=O)Nc3ccc(F)c(F)c3)cc2[nH]c1=O. The summed E-state index contributed by atoms with van der Waals surface area (Å²) in [6, 6.07) is 6.18. The number of rotatable bonds is 3. The molecule has 3 rings (SSSR count). The lowest BCUT2D eigenvalue weighted by Crippen LogP contribution is -2.29. The van der Waals surface area contributed by atoms with E-state index in [1.807, 2.05) is 0 Å². The van der Waals surface area contributed by atoms with Crippen LogP contribution in [0.4, 0.5) is 14.5 Å². The molecule has 0 aliphatic carbocycles. The molecule has 0 unspecified atom stereocenters. The molecule has 0 atom stereocenters. The largest absolute Gasteiger partial charge is 0.316 e. The van der Waals surface area contributed by atoms with Gasteiger partial charge in [0, 0.05) is 6.07 Å². The molecule has 0 aliphatic rings. The van der Waals surface area contributed by atoms with Crippen LogP contribution in [0.15, 0.2) is 50.9 Å². The zero-order valence-electron chi connectivity index (χ0n) is 11.8. The Hall–Kier alpha value is -3.01. The third-order valence-corrected chi connectivity index (χ3v) is 4.55. The van der Waals surface area contributed by atoms with Crippen molar-refractivity contribution in [2.75, 3.05) is 4.72 Å². The highest BCUT2D eigenvalue weighted by molar-refractivity contribution is 7.92. The summed E-state index contributed by atoms with van der Waals surface area (Å²) in [5, 5.41) is 0. The first kappa shape index (κ1) is 15.9. The summed E-state index contributed by atoms with van der Waals surface area (Å²) >= 11 is 0. The van der Waals surface area contributed by atoms with Gasteiger partial charge in [0.25, 0.3) is 10.0 Å². The lowest BCUT2D eigenvalue weighted by molar-refractivity contribution is 0.509. The Morgan fingerprint density at radius 3 is 2.17 bits per heavy atom. The highest BCUT2D eigenvalue weighted by atomic mass is 32.2. The van der Waals surface area contributed by atoms with Gasteiger partial charge in [0.15, 0.2) is 11.6 Å². The predicted octanol–water partition coefficient (Wildman–Crippen LogP) is 1.30. The second-order valence-electron chi connectivity index (χ2n) is 4.85. The number of sulfonamides is 1. The van der Waals surface area contributed by atoms with Crippen LogP contribution in [-0.4, -0.2) is 18.4 Å². The molecule has 0 saturated carbocycles. The minimum Gasteiger partial charge on any atom is -0.316 e. The Labute approximate surface area is 133 Å². The fourth-order valence-corrected chi connectivity index (χ4v) is 3.11. The van der Waals surface area contributed by atoms with Gasteiger partial charge in [-0.05, 0) is 30.3 Å². The van der Waals surface area contributed by atoms with Crippen LogP contribution in [0.25, 0.3) is 11.0 Å². The molecule has 0 spiro atoms. The average Bonchev–Trinajstić information content (AvgIpc) is 2.51. The Kier molecular flexibility index (Phi) is 3.68. The zero-order valence-corrected chi connectivity index (χ0v) is 12.6. The number of hydrogen-bond acceptors (Lipinski definition) is 4. The first-order chi connectivity index (χ1) is 11.3. The van der Waals surface area contributed by atoms with Gasteiger partial charge in [-0.15, -0.1) is 0 Å². The van der Waals surface area contributed by atoms with E-state index in [9.17, 15) is 26.8 Å². The van der Waals surface area contributed by atoms with E-state index in [-0.39, 0.29) is 21.6 Å². The van der Waals surface area contributed by atoms with Crippen molar-refractivity contribution in [3.05, 3.63) is 68.7 Å². The number of halogens is 2. The van der Waals surface area contributed by atoms with E-state index in [0.29, 0.717) is 6.07 Å². The van der Waals surface area contributed by atoms with Crippen LogP contribution < -0.4 is 15.8 Å². The third kappa shape index (κ3) is 2.91. The minimum absolute atomic E-state index is 0.104. The van der Waals surface area contributed by atoms with Crippen molar-refractivity contribution in [1.29, 1.82) is 0 Å². The standard InChI is InChI=1S/C14H9F2N3O4S/c15-9-3-1-7(5-10(9)16)19-24(22,23)8-2-4-11-12(6-8)18-14(21)13(20)17-11/h1-6,19H,(H,17,20)(H,18,21). The maximum absolute atomic E-state index is 13.2. The van der Waals surface area contributed by atoms with Crippen LogP contribution in [0.3, 0.4) is 0 Å². The molecule has 0 saturated heterocycles. The third-order valence-electron chi connectivity index (χ3n) is 3.18. The van der Waals surface area contributed by atoms with Crippen molar-refractivity contribution < 1.29 is 17.2 Å². The minimum atomic E-state index is -4.11. The molecule has 3 N–H and O–H groups in total. The molecule has 2 aromatic carbocycles. The number of fused-ring (bicyclic) bond motifs is 1. The average molecular weight is 353 g/mol. The second-order valence-corrected chi connectivity index (χ2v) is 6.53. The number of aromatic nitrogens is 2. The van der Waals surface area contributed by atoms with Crippen LogP contribution in [-0.2, 0) is 10.0 Å². The molecule has 124 valence electrons. The number of H-pyrrole nitrogens is 2. The highest BCUT2D eigenvalue weighted by Gasteiger charge is 2.16.